The fourth-order valence-electron chi connectivity index (χ4n) is 3.75. The molecular weight excluding hydrogens is 440 g/mol. The Bertz CT molecular complexity index is 1310. The quantitative estimate of drug-likeness (QED) is 0.391. The normalized spacial score (nSPS) is 12.0. The van der Waals surface area contributed by atoms with Crippen LogP contribution in [0.1, 0.15) is 30.0 Å². The number of nitrogens with zero attached hydrogens (tertiary/aromatic N) is 2. The maximum atomic E-state index is 12.8. The molecule has 0 spiro atoms. The van der Waals surface area contributed by atoms with E-state index in [1.165, 1.54) is 23.0 Å². The highest BCUT2D eigenvalue weighted by molar-refractivity contribution is 5.77. The molecule has 8 heteroatoms. The molecule has 0 fully saturated rings. The molecule has 0 aliphatic heterocycles. The van der Waals surface area contributed by atoms with Crippen LogP contribution in [0.4, 0.5) is 8.78 Å². The van der Waals surface area contributed by atoms with Gasteiger partial charge in [0.15, 0.2) is 0 Å². The number of carbonyl (C=O) groups is 1. The lowest BCUT2D eigenvalue weighted by Gasteiger charge is -2.20. The standard InChI is InChI=1S/C26H23F2N3O3/c27-26(28)34-20-14-12-19(13-15-20)24(18-7-2-1-3-8-18)30-23(32)11-6-16-31-17-29-22-10-5-4-9-21(22)25(31)33/h1-5,7-10,12-15,17,24,26H,6,11,16H2,(H,30,32)/t24-/m0/s1. The number of aromatic nitrogens is 2. The highest BCUT2D eigenvalue weighted by atomic mass is 19.3. The summed E-state index contributed by atoms with van der Waals surface area (Å²) in [5.74, 6) is -0.144. The van der Waals surface area contributed by atoms with Gasteiger partial charge >= 0.3 is 6.61 Å². The van der Waals surface area contributed by atoms with Crippen molar-refractivity contribution >= 4 is 16.8 Å². The van der Waals surface area contributed by atoms with Crippen LogP contribution in [0.2, 0.25) is 0 Å². The third kappa shape index (κ3) is 5.64. The van der Waals surface area contributed by atoms with Crippen molar-refractivity contribution in [3.63, 3.8) is 0 Å². The van der Waals surface area contributed by atoms with Crippen molar-refractivity contribution < 1.29 is 18.3 Å². The summed E-state index contributed by atoms with van der Waals surface area (Å²) in [6, 6.07) is 22.2. The summed E-state index contributed by atoms with van der Waals surface area (Å²) in [6.45, 7) is -2.54. The molecule has 0 bridgehead atoms. The van der Waals surface area contributed by atoms with E-state index in [4.69, 9.17) is 0 Å². The Kier molecular flexibility index (Phi) is 7.27. The molecule has 1 N–H and O–H groups in total. The summed E-state index contributed by atoms with van der Waals surface area (Å²) in [4.78, 5) is 29.7. The van der Waals surface area contributed by atoms with Gasteiger partial charge in [-0.15, -0.1) is 0 Å². The highest BCUT2D eigenvalue weighted by Crippen LogP contribution is 2.25. The first-order valence-electron chi connectivity index (χ1n) is 10.8. The number of rotatable bonds is 9. The van der Waals surface area contributed by atoms with Crippen molar-refractivity contribution in [1.82, 2.24) is 14.9 Å². The summed E-state index contributed by atoms with van der Waals surface area (Å²) >= 11 is 0. The number of ether oxygens (including phenoxy) is 1. The Labute approximate surface area is 194 Å². The molecule has 1 atom stereocenters. The van der Waals surface area contributed by atoms with Gasteiger partial charge in [-0.3, -0.25) is 14.2 Å². The maximum absolute atomic E-state index is 12.8. The zero-order valence-corrected chi connectivity index (χ0v) is 18.2. The minimum Gasteiger partial charge on any atom is -0.435 e. The monoisotopic (exact) mass is 463 g/mol. The molecule has 3 aromatic carbocycles. The third-order valence-electron chi connectivity index (χ3n) is 5.41. The summed E-state index contributed by atoms with van der Waals surface area (Å²) in [6.07, 6.45) is 2.15. The van der Waals surface area contributed by atoms with Gasteiger partial charge in [0, 0.05) is 13.0 Å². The van der Waals surface area contributed by atoms with Crippen molar-refractivity contribution in [2.24, 2.45) is 0 Å². The molecule has 4 rings (SSSR count). The van der Waals surface area contributed by atoms with Gasteiger partial charge in [-0.1, -0.05) is 54.6 Å². The van der Waals surface area contributed by atoms with Crippen LogP contribution in [0, 0.1) is 0 Å². The molecular formula is C26H23F2N3O3. The van der Waals surface area contributed by atoms with Crippen LogP contribution in [-0.4, -0.2) is 22.1 Å². The molecule has 0 radical (unpaired) electrons. The van der Waals surface area contributed by atoms with Crippen LogP contribution in [0.25, 0.3) is 10.9 Å². The summed E-state index contributed by atoms with van der Waals surface area (Å²) in [7, 11) is 0. The van der Waals surface area contributed by atoms with Crippen molar-refractivity contribution in [1.29, 1.82) is 0 Å². The number of halogens is 2. The van der Waals surface area contributed by atoms with E-state index in [1.54, 1.807) is 30.3 Å². The molecule has 0 saturated heterocycles. The Morgan fingerprint density at radius 1 is 0.941 bits per heavy atom. The minimum atomic E-state index is -2.90. The molecule has 0 aliphatic rings. The molecule has 0 unspecified atom stereocenters. The van der Waals surface area contributed by atoms with Gasteiger partial charge in [0.1, 0.15) is 5.75 Å². The van der Waals surface area contributed by atoms with Crippen LogP contribution >= 0.6 is 0 Å². The maximum Gasteiger partial charge on any atom is 0.387 e. The molecule has 1 aromatic heterocycles. The van der Waals surface area contributed by atoms with Gasteiger partial charge in [-0.25, -0.2) is 4.98 Å². The number of para-hydroxylation sites is 1. The lowest BCUT2D eigenvalue weighted by Crippen LogP contribution is -2.29. The van der Waals surface area contributed by atoms with Crippen molar-refractivity contribution in [3.05, 3.63) is 107 Å². The van der Waals surface area contributed by atoms with E-state index < -0.39 is 12.7 Å². The zero-order chi connectivity index (χ0) is 23.9. The molecule has 174 valence electrons. The van der Waals surface area contributed by atoms with Crippen LogP contribution in [0.5, 0.6) is 5.75 Å². The van der Waals surface area contributed by atoms with Gasteiger partial charge in [-0.2, -0.15) is 8.78 Å². The smallest absolute Gasteiger partial charge is 0.387 e. The first-order chi connectivity index (χ1) is 16.5. The molecule has 0 aliphatic carbocycles. The first kappa shape index (κ1) is 23.1. The first-order valence-corrected chi connectivity index (χ1v) is 10.8. The highest BCUT2D eigenvalue weighted by Gasteiger charge is 2.17. The number of aryl methyl sites for hydroxylation is 1. The Morgan fingerprint density at radius 3 is 2.35 bits per heavy atom. The number of carbonyl (C=O) groups excluding carboxylic acids is 1. The summed E-state index contributed by atoms with van der Waals surface area (Å²) in [5.41, 5.74) is 2.08. The predicted octanol–water partition coefficient (Wildman–Crippen LogP) is 4.68. The van der Waals surface area contributed by atoms with E-state index >= 15 is 0 Å². The molecule has 1 amide bonds. The summed E-state index contributed by atoms with van der Waals surface area (Å²) in [5, 5.41) is 3.55. The number of alkyl halides is 2. The van der Waals surface area contributed by atoms with Gasteiger partial charge in [0.05, 0.1) is 23.3 Å². The predicted molar refractivity (Wildman–Crippen MR) is 125 cm³/mol. The Morgan fingerprint density at radius 2 is 1.62 bits per heavy atom. The van der Waals surface area contributed by atoms with Gasteiger partial charge in [-0.05, 0) is 41.8 Å². The van der Waals surface area contributed by atoms with E-state index in [0.29, 0.717) is 23.9 Å². The van der Waals surface area contributed by atoms with Crippen LogP contribution in [0.3, 0.4) is 0 Å². The molecule has 4 aromatic rings. The third-order valence-corrected chi connectivity index (χ3v) is 5.41. The second kappa shape index (κ2) is 10.7. The number of fused-ring (bicyclic) bond motifs is 1. The van der Waals surface area contributed by atoms with E-state index in [1.807, 2.05) is 36.4 Å². The largest absolute Gasteiger partial charge is 0.435 e. The Hall–Kier alpha value is -4.07. The summed E-state index contributed by atoms with van der Waals surface area (Å²) < 4.78 is 30.8. The Balaban J connectivity index is 1.43. The topological polar surface area (TPSA) is 73.2 Å². The number of benzene rings is 3. The van der Waals surface area contributed by atoms with E-state index in [0.717, 1.165) is 11.1 Å². The second-order valence-electron chi connectivity index (χ2n) is 7.72. The van der Waals surface area contributed by atoms with Crippen LogP contribution < -0.4 is 15.6 Å². The van der Waals surface area contributed by atoms with E-state index in [9.17, 15) is 18.4 Å². The van der Waals surface area contributed by atoms with Crippen LogP contribution in [-0.2, 0) is 11.3 Å². The average Bonchev–Trinajstić information content (AvgIpc) is 2.85. The molecule has 1 heterocycles. The SMILES string of the molecule is O=C(CCCn1cnc2ccccc2c1=O)N[C@@H](c1ccccc1)c1ccc(OC(F)F)cc1. The van der Waals surface area contributed by atoms with Crippen molar-refractivity contribution in [2.75, 3.05) is 0 Å². The van der Waals surface area contributed by atoms with Gasteiger partial charge in [0.25, 0.3) is 5.56 Å². The fraction of sp³-hybridized carbons (Fsp3) is 0.192. The zero-order valence-electron chi connectivity index (χ0n) is 18.2. The molecule has 0 saturated carbocycles. The molecule has 6 nitrogen and oxygen atoms in total. The van der Waals surface area contributed by atoms with Gasteiger partial charge in [0.2, 0.25) is 5.91 Å². The lowest BCUT2D eigenvalue weighted by atomic mass is 9.98. The number of nitrogens with one attached hydrogen (secondary N) is 1. The van der Waals surface area contributed by atoms with Crippen molar-refractivity contribution in [3.8, 4) is 5.75 Å². The second-order valence-corrected chi connectivity index (χ2v) is 7.72. The van der Waals surface area contributed by atoms with E-state index in [2.05, 4.69) is 15.0 Å². The van der Waals surface area contributed by atoms with Crippen LogP contribution in [0.15, 0.2) is 90.0 Å². The van der Waals surface area contributed by atoms with E-state index in [-0.39, 0.29) is 23.6 Å². The average molecular weight is 463 g/mol. The number of hydrogen-bond acceptors (Lipinski definition) is 4. The number of amides is 1. The van der Waals surface area contributed by atoms with Crippen molar-refractivity contribution in [2.45, 2.75) is 32.0 Å². The van der Waals surface area contributed by atoms with Gasteiger partial charge < -0.3 is 10.1 Å². The molecule has 34 heavy (non-hydrogen) atoms. The number of hydrogen-bond donors (Lipinski definition) is 1. The minimum absolute atomic E-state index is 0.0475. The fourth-order valence-corrected chi connectivity index (χ4v) is 3.75. The lowest BCUT2D eigenvalue weighted by molar-refractivity contribution is -0.121.